The molecule has 0 aliphatic heterocycles. The van der Waals surface area contributed by atoms with Gasteiger partial charge in [-0.05, 0) is 13.3 Å². The van der Waals surface area contributed by atoms with Crippen LogP contribution in [0.25, 0.3) is 0 Å². The van der Waals surface area contributed by atoms with Gasteiger partial charge >= 0.3 is 5.97 Å². The summed E-state index contributed by atoms with van der Waals surface area (Å²) in [6, 6.07) is -0.374. The van der Waals surface area contributed by atoms with E-state index in [4.69, 9.17) is 0 Å². The molecule has 0 aliphatic rings. The fraction of sp³-hybridized carbons (Fsp3) is 0.778. The Labute approximate surface area is 84.2 Å². The van der Waals surface area contributed by atoms with Crippen molar-refractivity contribution in [2.24, 2.45) is 0 Å². The summed E-state index contributed by atoms with van der Waals surface area (Å²) >= 11 is 0. The molecular formula is C9H18N2O3. The van der Waals surface area contributed by atoms with Crippen molar-refractivity contribution < 1.29 is 14.3 Å². The van der Waals surface area contributed by atoms with E-state index in [0.717, 1.165) is 6.42 Å². The molecule has 0 saturated carbocycles. The van der Waals surface area contributed by atoms with E-state index in [1.54, 1.807) is 6.92 Å². The van der Waals surface area contributed by atoms with E-state index in [-0.39, 0.29) is 24.5 Å². The maximum absolute atomic E-state index is 11.3. The van der Waals surface area contributed by atoms with Gasteiger partial charge in [0.05, 0.1) is 19.7 Å². The molecule has 0 aromatic carbocycles. The predicted octanol–water partition coefficient (Wildman–Crippen LogP) is -0.336. The van der Waals surface area contributed by atoms with Crippen molar-refractivity contribution in [2.45, 2.75) is 26.3 Å². The first-order valence-electron chi connectivity index (χ1n) is 4.69. The van der Waals surface area contributed by atoms with Gasteiger partial charge in [-0.15, -0.1) is 0 Å². The van der Waals surface area contributed by atoms with Crippen molar-refractivity contribution in [3.8, 4) is 0 Å². The Hall–Kier alpha value is -1.10. The summed E-state index contributed by atoms with van der Waals surface area (Å²) in [4.78, 5) is 22.0. The lowest BCUT2D eigenvalue weighted by atomic mass is 10.3. The molecule has 0 rings (SSSR count). The number of hydrogen-bond donors (Lipinski definition) is 2. The first kappa shape index (κ1) is 12.9. The van der Waals surface area contributed by atoms with Crippen LogP contribution in [-0.4, -0.2) is 38.1 Å². The van der Waals surface area contributed by atoms with Crippen molar-refractivity contribution >= 4 is 11.9 Å². The number of rotatable bonds is 6. The fourth-order valence-corrected chi connectivity index (χ4v) is 0.803. The SMILES string of the molecule is CCCNC(=O)C(C)NCC(=O)OC. The molecule has 5 nitrogen and oxygen atoms in total. The van der Waals surface area contributed by atoms with Gasteiger partial charge in [-0.2, -0.15) is 0 Å². The highest BCUT2D eigenvalue weighted by Crippen LogP contribution is 1.83. The lowest BCUT2D eigenvalue weighted by molar-refractivity contribution is -0.139. The summed E-state index contributed by atoms with van der Waals surface area (Å²) in [5.74, 6) is -0.476. The van der Waals surface area contributed by atoms with Crippen LogP contribution in [0, 0.1) is 0 Å². The zero-order valence-corrected chi connectivity index (χ0v) is 8.92. The lowest BCUT2D eigenvalue weighted by Crippen LogP contribution is -2.44. The van der Waals surface area contributed by atoms with Crippen molar-refractivity contribution in [1.29, 1.82) is 0 Å². The summed E-state index contributed by atoms with van der Waals surface area (Å²) in [5, 5.41) is 5.48. The van der Waals surface area contributed by atoms with Crippen LogP contribution in [0.15, 0.2) is 0 Å². The second-order valence-electron chi connectivity index (χ2n) is 2.97. The largest absolute Gasteiger partial charge is 0.468 e. The maximum atomic E-state index is 11.3. The first-order chi connectivity index (χ1) is 6.61. The Balaban J connectivity index is 3.66. The molecule has 0 aromatic heterocycles. The molecule has 1 atom stereocenters. The Morgan fingerprint density at radius 1 is 1.43 bits per heavy atom. The van der Waals surface area contributed by atoms with E-state index >= 15 is 0 Å². The summed E-state index contributed by atoms with van der Waals surface area (Å²) in [6.45, 7) is 4.39. The number of hydrogen-bond acceptors (Lipinski definition) is 4. The summed E-state index contributed by atoms with van der Waals surface area (Å²) in [7, 11) is 1.31. The minimum Gasteiger partial charge on any atom is -0.468 e. The third-order valence-electron chi connectivity index (χ3n) is 1.72. The van der Waals surface area contributed by atoms with Crippen molar-refractivity contribution in [2.75, 3.05) is 20.2 Å². The molecule has 5 heteroatoms. The minimum absolute atomic E-state index is 0.0528. The highest BCUT2D eigenvalue weighted by atomic mass is 16.5. The first-order valence-corrected chi connectivity index (χ1v) is 4.69. The lowest BCUT2D eigenvalue weighted by Gasteiger charge is -2.12. The third kappa shape index (κ3) is 5.53. The molecule has 2 N–H and O–H groups in total. The van der Waals surface area contributed by atoms with E-state index in [1.807, 2.05) is 6.92 Å². The van der Waals surface area contributed by atoms with Crippen LogP contribution in [0.5, 0.6) is 0 Å². The molecule has 82 valence electrons. The van der Waals surface area contributed by atoms with Crippen molar-refractivity contribution in [1.82, 2.24) is 10.6 Å². The minimum atomic E-state index is -0.375. The van der Waals surface area contributed by atoms with Crippen LogP contribution in [0.4, 0.5) is 0 Å². The van der Waals surface area contributed by atoms with E-state index in [9.17, 15) is 9.59 Å². The quantitative estimate of drug-likeness (QED) is 0.578. The Bertz CT molecular complexity index is 194. The second kappa shape index (κ2) is 7.32. The standard InChI is InChI=1S/C9H18N2O3/c1-4-5-10-9(13)7(2)11-6-8(12)14-3/h7,11H,4-6H2,1-3H3,(H,10,13). The van der Waals surface area contributed by atoms with Crippen LogP contribution >= 0.6 is 0 Å². The van der Waals surface area contributed by atoms with Gasteiger partial charge < -0.3 is 10.1 Å². The zero-order valence-electron chi connectivity index (χ0n) is 8.92. The Morgan fingerprint density at radius 3 is 2.57 bits per heavy atom. The zero-order chi connectivity index (χ0) is 11.0. The molecule has 0 aromatic rings. The van der Waals surface area contributed by atoms with E-state index in [0.29, 0.717) is 6.54 Å². The van der Waals surface area contributed by atoms with E-state index in [1.165, 1.54) is 7.11 Å². The number of ether oxygens (including phenoxy) is 1. The summed E-state index contributed by atoms with van der Waals surface area (Å²) < 4.78 is 4.43. The highest BCUT2D eigenvalue weighted by Gasteiger charge is 2.12. The van der Waals surface area contributed by atoms with Crippen LogP contribution in [0.2, 0.25) is 0 Å². The molecular weight excluding hydrogens is 184 g/mol. The molecule has 0 saturated heterocycles. The molecule has 0 heterocycles. The number of amides is 1. The number of methoxy groups -OCH3 is 1. The fourth-order valence-electron chi connectivity index (χ4n) is 0.803. The number of carbonyl (C=O) groups is 2. The molecule has 14 heavy (non-hydrogen) atoms. The molecule has 0 radical (unpaired) electrons. The molecule has 0 aliphatic carbocycles. The molecule has 0 fully saturated rings. The molecule has 1 unspecified atom stereocenters. The van der Waals surface area contributed by atoms with Gasteiger partial charge in [0.25, 0.3) is 0 Å². The van der Waals surface area contributed by atoms with Gasteiger partial charge in [0, 0.05) is 6.54 Å². The topological polar surface area (TPSA) is 67.4 Å². The normalized spacial score (nSPS) is 11.9. The van der Waals surface area contributed by atoms with Crippen LogP contribution in [0.1, 0.15) is 20.3 Å². The number of nitrogens with one attached hydrogen (secondary N) is 2. The van der Waals surface area contributed by atoms with Crippen LogP contribution in [-0.2, 0) is 14.3 Å². The van der Waals surface area contributed by atoms with Gasteiger partial charge in [-0.25, -0.2) is 0 Å². The smallest absolute Gasteiger partial charge is 0.319 e. The predicted molar refractivity (Wildman–Crippen MR) is 52.8 cm³/mol. The van der Waals surface area contributed by atoms with Gasteiger partial charge in [-0.3, -0.25) is 14.9 Å². The average Bonchev–Trinajstić information content (AvgIpc) is 2.21. The molecule has 0 spiro atoms. The van der Waals surface area contributed by atoms with Gasteiger partial charge in [-0.1, -0.05) is 6.92 Å². The monoisotopic (exact) mass is 202 g/mol. The maximum Gasteiger partial charge on any atom is 0.319 e. The van der Waals surface area contributed by atoms with Crippen LogP contribution in [0.3, 0.4) is 0 Å². The van der Waals surface area contributed by atoms with Crippen molar-refractivity contribution in [3.05, 3.63) is 0 Å². The van der Waals surface area contributed by atoms with Gasteiger partial charge in [0.15, 0.2) is 0 Å². The highest BCUT2D eigenvalue weighted by molar-refractivity contribution is 5.82. The number of esters is 1. The van der Waals surface area contributed by atoms with Crippen molar-refractivity contribution in [3.63, 3.8) is 0 Å². The Kier molecular flexibility index (Phi) is 6.74. The number of carbonyl (C=O) groups excluding carboxylic acids is 2. The van der Waals surface area contributed by atoms with E-state index < -0.39 is 0 Å². The molecule has 0 bridgehead atoms. The molecule has 1 amide bonds. The Morgan fingerprint density at radius 2 is 2.07 bits per heavy atom. The summed E-state index contributed by atoms with van der Waals surface area (Å²) in [6.07, 6.45) is 0.898. The van der Waals surface area contributed by atoms with Gasteiger partial charge in [0.2, 0.25) is 5.91 Å². The third-order valence-corrected chi connectivity index (χ3v) is 1.72. The van der Waals surface area contributed by atoms with Crippen LogP contribution < -0.4 is 10.6 Å². The van der Waals surface area contributed by atoms with Gasteiger partial charge in [0.1, 0.15) is 0 Å². The second-order valence-corrected chi connectivity index (χ2v) is 2.97. The van der Waals surface area contributed by atoms with E-state index in [2.05, 4.69) is 15.4 Å². The average molecular weight is 202 g/mol. The summed E-state index contributed by atoms with van der Waals surface area (Å²) in [5.41, 5.74) is 0.